The van der Waals surface area contributed by atoms with E-state index in [0.29, 0.717) is 28.7 Å². The van der Waals surface area contributed by atoms with E-state index in [1.807, 2.05) is 13.8 Å². The van der Waals surface area contributed by atoms with Gasteiger partial charge in [0, 0.05) is 5.02 Å². The van der Waals surface area contributed by atoms with E-state index in [4.69, 9.17) is 21.1 Å². The van der Waals surface area contributed by atoms with E-state index < -0.39 is 12.0 Å². The fourth-order valence-corrected chi connectivity index (χ4v) is 2.21. The van der Waals surface area contributed by atoms with Crippen molar-refractivity contribution >= 4 is 23.7 Å². The van der Waals surface area contributed by atoms with Crippen molar-refractivity contribution in [2.75, 3.05) is 6.61 Å². The van der Waals surface area contributed by atoms with Gasteiger partial charge in [0.2, 0.25) is 0 Å². The van der Waals surface area contributed by atoms with E-state index in [2.05, 4.69) is 10.5 Å². The normalized spacial score (nSPS) is 12.0. The van der Waals surface area contributed by atoms with Crippen LogP contribution in [0.15, 0.2) is 41.5 Å². The van der Waals surface area contributed by atoms with Crippen molar-refractivity contribution in [3.05, 3.63) is 52.5 Å². The maximum Gasteiger partial charge on any atom is 0.280 e. The molecule has 0 heterocycles. The summed E-state index contributed by atoms with van der Waals surface area (Å²) in [5, 5.41) is 14.2. The van der Waals surface area contributed by atoms with Crippen LogP contribution in [0.2, 0.25) is 5.02 Å². The number of benzene rings is 2. The molecule has 0 unspecified atom stereocenters. The molecular weight excluding hydrogens is 356 g/mol. The number of amides is 1. The number of hydrazone groups is 1. The first kappa shape index (κ1) is 19.6. The highest BCUT2D eigenvalue weighted by Gasteiger charge is 2.14. The maximum absolute atomic E-state index is 12.1. The Kier molecular flexibility index (Phi) is 6.86. The van der Waals surface area contributed by atoms with Crippen LogP contribution in [0.25, 0.3) is 0 Å². The smallest absolute Gasteiger partial charge is 0.280 e. The van der Waals surface area contributed by atoms with Crippen molar-refractivity contribution in [1.29, 1.82) is 0 Å². The van der Waals surface area contributed by atoms with Gasteiger partial charge in [0.05, 0.1) is 12.8 Å². The summed E-state index contributed by atoms with van der Waals surface area (Å²) in [4.78, 5) is 12.1. The molecule has 2 aromatic carbocycles. The van der Waals surface area contributed by atoms with E-state index in [1.165, 1.54) is 12.3 Å². The number of nitrogens with zero attached hydrogens (tertiary/aromatic N) is 1. The summed E-state index contributed by atoms with van der Waals surface area (Å²) in [7, 11) is 0. The Bertz CT molecular complexity index is 808. The molecule has 0 radical (unpaired) electrons. The van der Waals surface area contributed by atoms with Gasteiger partial charge in [-0.3, -0.25) is 4.79 Å². The van der Waals surface area contributed by atoms with Crippen LogP contribution in [0, 0.1) is 6.92 Å². The zero-order chi connectivity index (χ0) is 19.1. The Balaban J connectivity index is 1.93. The number of aromatic hydroxyl groups is 1. The highest BCUT2D eigenvalue weighted by molar-refractivity contribution is 6.31. The van der Waals surface area contributed by atoms with Gasteiger partial charge >= 0.3 is 0 Å². The molecule has 1 atom stereocenters. The van der Waals surface area contributed by atoms with Gasteiger partial charge in [-0.2, -0.15) is 5.10 Å². The highest BCUT2D eigenvalue weighted by atomic mass is 35.5. The molecule has 138 valence electrons. The third kappa shape index (κ3) is 5.39. The molecule has 0 fully saturated rings. The molecule has 0 bridgehead atoms. The number of ether oxygens (including phenoxy) is 2. The zero-order valence-electron chi connectivity index (χ0n) is 14.8. The molecule has 0 aliphatic carbocycles. The first-order valence-electron chi connectivity index (χ1n) is 8.12. The van der Waals surface area contributed by atoms with Gasteiger partial charge in [0.25, 0.3) is 5.91 Å². The van der Waals surface area contributed by atoms with Crippen LogP contribution in [0.5, 0.6) is 17.2 Å². The van der Waals surface area contributed by atoms with Crippen LogP contribution in [0.4, 0.5) is 0 Å². The van der Waals surface area contributed by atoms with E-state index in [-0.39, 0.29) is 5.75 Å². The Morgan fingerprint density at radius 2 is 2.12 bits per heavy atom. The van der Waals surface area contributed by atoms with Crippen molar-refractivity contribution in [3.63, 3.8) is 0 Å². The molecule has 0 aromatic heterocycles. The number of hydrogen-bond donors (Lipinski definition) is 2. The average molecular weight is 377 g/mol. The lowest BCUT2D eigenvalue weighted by Gasteiger charge is -2.13. The Morgan fingerprint density at radius 3 is 2.81 bits per heavy atom. The lowest BCUT2D eigenvalue weighted by molar-refractivity contribution is -0.127. The summed E-state index contributed by atoms with van der Waals surface area (Å²) in [5.74, 6) is 0.571. The first-order valence-corrected chi connectivity index (χ1v) is 8.50. The molecule has 0 aliphatic heterocycles. The zero-order valence-corrected chi connectivity index (χ0v) is 15.6. The minimum atomic E-state index is -0.730. The Hall–Kier alpha value is -2.73. The second-order valence-electron chi connectivity index (χ2n) is 5.57. The number of hydrogen-bond acceptors (Lipinski definition) is 5. The van der Waals surface area contributed by atoms with Crippen LogP contribution in [0.3, 0.4) is 0 Å². The quantitative estimate of drug-likeness (QED) is 0.570. The predicted octanol–water partition coefficient (Wildman–Crippen LogP) is 3.67. The molecule has 26 heavy (non-hydrogen) atoms. The number of carbonyl (C=O) groups excluding carboxylic acids is 1. The largest absolute Gasteiger partial charge is 0.504 e. The van der Waals surface area contributed by atoms with Crippen LogP contribution in [0.1, 0.15) is 25.0 Å². The van der Waals surface area contributed by atoms with Gasteiger partial charge in [-0.25, -0.2) is 5.43 Å². The standard InChI is InChI=1S/C19H21ClN2O4/c1-4-25-18-10-14(5-8-17(18)23)11-21-22-19(24)13(3)26-15-6-7-16(20)12(2)9-15/h5-11,13,23H,4H2,1-3H3,(H,22,24)/b21-11+/t13-/m0/s1. The Labute approximate surface area is 157 Å². The molecule has 2 N–H and O–H groups in total. The number of carbonyl (C=O) groups is 1. The summed E-state index contributed by atoms with van der Waals surface area (Å²) >= 11 is 5.97. The molecule has 2 aromatic rings. The number of phenols is 1. The molecule has 6 nitrogen and oxygen atoms in total. The van der Waals surface area contributed by atoms with E-state index in [1.54, 1.807) is 37.3 Å². The second kappa shape index (κ2) is 9.10. The van der Waals surface area contributed by atoms with Gasteiger partial charge in [-0.05, 0) is 68.3 Å². The van der Waals surface area contributed by atoms with Gasteiger partial charge in [0.15, 0.2) is 17.6 Å². The average Bonchev–Trinajstić information content (AvgIpc) is 2.61. The lowest BCUT2D eigenvalue weighted by atomic mass is 10.2. The Morgan fingerprint density at radius 1 is 1.35 bits per heavy atom. The third-order valence-electron chi connectivity index (χ3n) is 3.48. The fourth-order valence-electron chi connectivity index (χ4n) is 2.09. The summed E-state index contributed by atoms with van der Waals surface area (Å²) in [5.41, 5.74) is 3.96. The SMILES string of the molecule is CCOc1cc(/C=N/NC(=O)[C@H](C)Oc2ccc(Cl)c(C)c2)ccc1O. The minimum absolute atomic E-state index is 0.0494. The van der Waals surface area contributed by atoms with Crippen molar-refractivity contribution in [3.8, 4) is 17.2 Å². The highest BCUT2D eigenvalue weighted by Crippen LogP contribution is 2.26. The molecule has 0 saturated heterocycles. The van der Waals surface area contributed by atoms with Crippen LogP contribution >= 0.6 is 11.6 Å². The van der Waals surface area contributed by atoms with Crippen molar-refractivity contribution in [2.24, 2.45) is 5.10 Å². The van der Waals surface area contributed by atoms with Gasteiger partial charge in [-0.1, -0.05) is 11.6 Å². The van der Waals surface area contributed by atoms with Crippen LogP contribution < -0.4 is 14.9 Å². The van der Waals surface area contributed by atoms with Crippen molar-refractivity contribution in [1.82, 2.24) is 5.43 Å². The fraction of sp³-hybridized carbons (Fsp3) is 0.263. The second-order valence-corrected chi connectivity index (χ2v) is 5.97. The molecule has 0 aliphatic rings. The van der Waals surface area contributed by atoms with Crippen molar-refractivity contribution < 1.29 is 19.4 Å². The number of phenolic OH excluding ortho intramolecular Hbond substituents is 1. The van der Waals surface area contributed by atoms with Crippen LogP contribution in [-0.4, -0.2) is 29.9 Å². The molecule has 2 rings (SSSR count). The number of nitrogens with one attached hydrogen (secondary N) is 1. The van der Waals surface area contributed by atoms with Gasteiger partial charge in [-0.15, -0.1) is 0 Å². The monoisotopic (exact) mass is 376 g/mol. The number of halogens is 1. The summed E-state index contributed by atoms with van der Waals surface area (Å²) < 4.78 is 10.9. The lowest BCUT2D eigenvalue weighted by Crippen LogP contribution is -2.33. The molecular formula is C19H21ClN2O4. The summed E-state index contributed by atoms with van der Waals surface area (Å²) in [6.07, 6.45) is 0.727. The number of rotatable bonds is 7. The minimum Gasteiger partial charge on any atom is -0.504 e. The first-order chi connectivity index (χ1) is 12.4. The topological polar surface area (TPSA) is 80.2 Å². The van der Waals surface area contributed by atoms with E-state index in [0.717, 1.165) is 5.56 Å². The maximum atomic E-state index is 12.1. The summed E-state index contributed by atoms with van der Waals surface area (Å²) in [6.45, 7) is 5.74. The van der Waals surface area contributed by atoms with Crippen molar-refractivity contribution in [2.45, 2.75) is 26.9 Å². The van der Waals surface area contributed by atoms with Gasteiger partial charge in [0.1, 0.15) is 5.75 Å². The molecule has 1 amide bonds. The van der Waals surface area contributed by atoms with E-state index >= 15 is 0 Å². The van der Waals surface area contributed by atoms with E-state index in [9.17, 15) is 9.90 Å². The summed E-state index contributed by atoms with van der Waals surface area (Å²) in [6, 6.07) is 9.97. The van der Waals surface area contributed by atoms with Gasteiger partial charge < -0.3 is 14.6 Å². The molecule has 7 heteroatoms. The molecule has 0 saturated carbocycles. The molecule has 0 spiro atoms. The third-order valence-corrected chi connectivity index (χ3v) is 3.91. The number of aryl methyl sites for hydroxylation is 1. The predicted molar refractivity (Wildman–Crippen MR) is 101 cm³/mol. The van der Waals surface area contributed by atoms with Crippen LogP contribution in [-0.2, 0) is 4.79 Å².